The van der Waals surface area contributed by atoms with Crippen LogP contribution in [0.15, 0.2) is 31.0 Å². The molecule has 2 heterocycles. The van der Waals surface area contributed by atoms with E-state index in [2.05, 4.69) is 15.0 Å². The molecule has 0 saturated heterocycles. The molecule has 0 bridgehead atoms. The van der Waals surface area contributed by atoms with Gasteiger partial charge in [0, 0.05) is 18.6 Å². The fraction of sp³-hybridized carbons (Fsp3) is 0.125. The third-order valence-electron chi connectivity index (χ3n) is 1.60. The number of aromatic nitrogens is 4. The molecule has 13 heavy (non-hydrogen) atoms. The molecule has 0 aliphatic carbocycles. The Bertz CT molecular complexity index is 385. The minimum Gasteiger partial charge on any atom is -0.390 e. The van der Waals surface area contributed by atoms with Crippen LogP contribution in [0.1, 0.15) is 5.69 Å². The number of rotatable bonds is 2. The summed E-state index contributed by atoms with van der Waals surface area (Å²) >= 11 is 0. The van der Waals surface area contributed by atoms with Gasteiger partial charge in [-0.25, -0.2) is 15.0 Å². The Kier molecular flexibility index (Phi) is 2.01. The van der Waals surface area contributed by atoms with E-state index in [9.17, 15) is 0 Å². The fourth-order valence-corrected chi connectivity index (χ4v) is 0.974. The van der Waals surface area contributed by atoms with Crippen LogP contribution in [0.5, 0.6) is 0 Å². The van der Waals surface area contributed by atoms with Gasteiger partial charge in [0.25, 0.3) is 0 Å². The summed E-state index contributed by atoms with van der Waals surface area (Å²) in [6.07, 6.45) is 6.61. The summed E-state index contributed by atoms with van der Waals surface area (Å²) in [5, 5.41) is 8.84. The lowest BCUT2D eigenvalue weighted by Gasteiger charge is -2.00. The van der Waals surface area contributed by atoms with E-state index < -0.39 is 0 Å². The zero-order valence-corrected chi connectivity index (χ0v) is 6.83. The topological polar surface area (TPSA) is 63.8 Å². The van der Waals surface area contributed by atoms with Gasteiger partial charge in [-0.05, 0) is 6.07 Å². The SMILES string of the molecule is OCc1ccnc(-n2ccnc2)n1. The van der Waals surface area contributed by atoms with Crippen LogP contribution < -0.4 is 0 Å². The summed E-state index contributed by atoms with van der Waals surface area (Å²) in [6, 6.07) is 1.67. The van der Waals surface area contributed by atoms with Crippen LogP contribution in [-0.2, 0) is 6.61 Å². The Labute approximate surface area is 74.7 Å². The third-order valence-corrected chi connectivity index (χ3v) is 1.60. The number of imidazole rings is 1. The lowest BCUT2D eigenvalue weighted by atomic mass is 10.4. The van der Waals surface area contributed by atoms with Crippen molar-refractivity contribution in [3.63, 3.8) is 0 Å². The molecule has 5 nitrogen and oxygen atoms in total. The van der Waals surface area contributed by atoms with Gasteiger partial charge in [0.15, 0.2) is 0 Å². The van der Waals surface area contributed by atoms with Crippen molar-refractivity contribution in [3.8, 4) is 5.95 Å². The van der Waals surface area contributed by atoms with E-state index in [1.165, 1.54) is 0 Å². The molecule has 0 amide bonds. The van der Waals surface area contributed by atoms with Crippen molar-refractivity contribution in [2.45, 2.75) is 6.61 Å². The fourth-order valence-electron chi connectivity index (χ4n) is 0.974. The van der Waals surface area contributed by atoms with Crippen molar-refractivity contribution in [1.29, 1.82) is 0 Å². The maximum atomic E-state index is 8.84. The maximum Gasteiger partial charge on any atom is 0.235 e. The highest BCUT2D eigenvalue weighted by Crippen LogP contribution is 2.00. The minimum atomic E-state index is -0.0791. The van der Waals surface area contributed by atoms with Gasteiger partial charge in [0.05, 0.1) is 12.3 Å². The summed E-state index contributed by atoms with van der Waals surface area (Å²) in [6.45, 7) is -0.0791. The molecule has 0 saturated carbocycles. The predicted molar refractivity (Wildman–Crippen MR) is 45.1 cm³/mol. The predicted octanol–water partition coefficient (Wildman–Crippen LogP) is 0.155. The number of nitrogens with zero attached hydrogens (tertiary/aromatic N) is 4. The highest BCUT2D eigenvalue weighted by molar-refractivity contribution is 5.13. The van der Waals surface area contributed by atoms with Crippen LogP contribution in [0.25, 0.3) is 5.95 Å². The Balaban J connectivity index is 2.41. The molecule has 0 aliphatic rings. The lowest BCUT2D eigenvalue weighted by Crippen LogP contribution is -2.00. The van der Waals surface area contributed by atoms with Crippen molar-refractivity contribution in [2.24, 2.45) is 0 Å². The summed E-state index contributed by atoms with van der Waals surface area (Å²) in [7, 11) is 0. The third kappa shape index (κ3) is 1.54. The zero-order chi connectivity index (χ0) is 9.10. The van der Waals surface area contributed by atoms with Crippen molar-refractivity contribution in [1.82, 2.24) is 19.5 Å². The molecule has 2 aromatic heterocycles. The van der Waals surface area contributed by atoms with Crippen LogP contribution in [0.2, 0.25) is 0 Å². The average molecular weight is 176 g/mol. The molecule has 0 radical (unpaired) electrons. The van der Waals surface area contributed by atoms with Gasteiger partial charge in [-0.2, -0.15) is 0 Å². The van der Waals surface area contributed by atoms with E-state index in [1.54, 1.807) is 35.6 Å². The molecule has 1 N–H and O–H groups in total. The molecule has 0 aromatic carbocycles. The molecule has 0 atom stereocenters. The van der Waals surface area contributed by atoms with Crippen molar-refractivity contribution >= 4 is 0 Å². The Morgan fingerprint density at radius 2 is 2.31 bits per heavy atom. The maximum absolute atomic E-state index is 8.84. The molecular formula is C8H8N4O. The average Bonchev–Trinajstić information content (AvgIpc) is 2.71. The Morgan fingerprint density at radius 1 is 1.38 bits per heavy atom. The normalized spacial score (nSPS) is 10.2. The van der Waals surface area contributed by atoms with Crippen LogP contribution in [0, 0.1) is 0 Å². The van der Waals surface area contributed by atoms with E-state index in [0.29, 0.717) is 11.6 Å². The number of hydrogen-bond acceptors (Lipinski definition) is 4. The summed E-state index contributed by atoms with van der Waals surface area (Å²) in [4.78, 5) is 12.0. The molecule has 5 heteroatoms. The van der Waals surface area contributed by atoms with Gasteiger partial charge in [0.2, 0.25) is 5.95 Å². The Hall–Kier alpha value is -1.75. The van der Waals surface area contributed by atoms with Gasteiger partial charge in [-0.15, -0.1) is 0 Å². The lowest BCUT2D eigenvalue weighted by molar-refractivity contribution is 0.276. The summed E-state index contributed by atoms with van der Waals surface area (Å²) in [5.74, 6) is 0.518. The minimum absolute atomic E-state index is 0.0791. The van der Waals surface area contributed by atoms with Crippen LogP contribution in [-0.4, -0.2) is 24.6 Å². The van der Waals surface area contributed by atoms with Crippen LogP contribution in [0.4, 0.5) is 0 Å². The summed E-state index contributed by atoms with van der Waals surface area (Å²) < 4.78 is 1.68. The van der Waals surface area contributed by atoms with E-state index in [-0.39, 0.29) is 6.61 Å². The first kappa shape index (κ1) is 7.88. The van der Waals surface area contributed by atoms with Gasteiger partial charge >= 0.3 is 0 Å². The zero-order valence-electron chi connectivity index (χ0n) is 6.83. The molecule has 0 aliphatic heterocycles. The highest BCUT2D eigenvalue weighted by Gasteiger charge is 1.99. The number of hydrogen-bond donors (Lipinski definition) is 1. The molecule has 2 aromatic rings. The van der Waals surface area contributed by atoms with Gasteiger partial charge in [0.1, 0.15) is 6.33 Å². The van der Waals surface area contributed by atoms with Crippen LogP contribution in [0.3, 0.4) is 0 Å². The molecule has 66 valence electrons. The number of aliphatic hydroxyl groups excluding tert-OH is 1. The van der Waals surface area contributed by atoms with Crippen molar-refractivity contribution < 1.29 is 5.11 Å². The second-order valence-electron chi connectivity index (χ2n) is 2.48. The van der Waals surface area contributed by atoms with Gasteiger partial charge in [-0.3, -0.25) is 4.57 Å². The largest absolute Gasteiger partial charge is 0.390 e. The monoisotopic (exact) mass is 176 g/mol. The standard InChI is InChI=1S/C8H8N4O/c13-5-7-1-2-10-8(11-7)12-4-3-9-6-12/h1-4,6,13H,5H2. The smallest absolute Gasteiger partial charge is 0.235 e. The molecular weight excluding hydrogens is 168 g/mol. The Morgan fingerprint density at radius 3 is 3.00 bits per heavy atom. The first-order chi connectivity index (χ1) is 6.40. The second-order valence-corrected chi connectivity index (χ2v) is 2.48. The van der Waals surface area contributed by atoms with Crippen LogP contribution >= 0.6 is 0 Å². The summed E-state index contributed by atoms with van der Waals surface area (Å²) in [5.41, 5.74) is 0.596. The van der Waals surface area contributed by atoms with E-state index in [0.717, 1.165) is 0 Å². The first-order valence-electron chi connectivity index (χ1n) is 3.81. The van der Waals surface area contributed by atoms with Crippen molar-refractivity contribution in [2.75, 3.05) is 0 Å². The number of aliphatic hydroxyl groups is 1. The second kappa shape index (κ2) is 3.32. The molecule has 0 spiro atoms. The van der Waals surface area contributed by atoms with E-state index >= 15 is 0 Å². The van der Waals surface area contributed by atoms with E-state index in [1.807, 2.05) is 0 Å². The highest BCUT2D eigenvalue weighted by atomic mass is 16.3. The van der Waals surface area contributed by atoms with Gasteiger partial charge in [-0.1, -0.05) is 0 Å². The molecule has 2 rings (SSSR count). The van der Waals surface area contributed by atoms with E-state index in [4.69, 9.17) is 5.11 Å². The molecule has 0 fully saturated rings. The van der Waals surface area contributed by atoms with Crippen molar-refractivity contribution in [3.05, 3.63) is 36.7 Å². The first-order valence-corrected chi connectivity index (χ1v) is 3.81. The quantitative estimate of drug-likeness (QED) is 0.707. The van der Waals surface area contributed by atoms with Gasteiger partial charge < -0.3 is 5.11 Å². The molecule has 0 unspecified atom stereocenters.